The number of rotatable bonds is 2. The number of aromatic nitrogens is 2. The molecule has 3 rings (SSSR count). The van der Waals surface area contributed by atoms with Gasteiger partial charge in [-0.05, 0) is 30.3 Å². The average molecular weight is 340 g/mol. The van der Waals surface area contributed by atoms with Gasteiger partial charge in [-0.1, -0.05) is 34.8 Å². The first-order valence-corrected chi connectivity index (χ1v) is 7.10. The van der Waals surface area contributed by atoms with Crippen LogP contribution in [0.1, 0.15) is 0 Å². The van der Waals surface area contributed by atoms with Crippen molar-refractivity contribution in [2.24, 2.45) is 0 Å². The van der Waals surface area contributed by atoms with E-state index in [-0.39, 0.29) is 0 Å². The maximum absolute atomic E-state index is 6.16. The highest BCUT2D eigenvalue weighted by molar-refractivity contribution is 6.44. The zero-order chi connectivity index (χ0) is 15.0. The van der Waals surface area contributed by atoms with E-state index >= 15 is 0 Å². The number of anilines is 3. The van der Waals surface area contributed by atoms with Gasteiger partial charge in [0, 0.05) is 11.1 Å². The fraction of sp³-hybridized carbons (Fsp3) is 0. The second-order valence-electron chi connectivity index (χ2n) is 4.37. The first-order chi connectivity index (χ1) is 10.0. The van der Waals surface area contributed by atoms with Crippen LogP contribution in [0.2, 0.25) is 15.1 Å². The molecule has 21 heavy (non-hydrogen) atoms. The Hall–Kier alpha value is -1.75. The van der Waals surface area contributed by atoms with Gasteiger partial charge in [-0.15, -0.1) is 0 Å². The highest BCUT2D eigenvalue weighted by Gasteiger charge is 2.09. The number of nitrogens with two attached hydrogens (primary N) is 1. The van der Waals surface area contributed by atoms with E-state index in [4.69, 9.17) is 40.5 Å². The molecule has 0 amide bonds. The van der Waals surface area contributed by atoms with Crippen LogP contribution in [0.3, 0.4) is 0 Å². The van der Waals surface area contributed by atoms with Crippen LogP contribution in [0.15, 0.2) is 36.7 Å². The lowest BCUT2D eigenvalue weighted by Crippen LogP contribution is -1.97. The third kappa shape index (κ3) is 2.83. The molecule has 0 spiro atoms. The topological polar surface area (TPSA) is 63.8 Å². The van der Waals surface area contributed by atoms with E-state index in [9.17, 15) is 0 Å². The molecule has 3 aromatic rings. The Morgan fingerprint density at radius 1 is 0.905 bits per heavy atom. The summed E-state index contributed by atoms with van der Waals surface area (Å²) in [7, 11) is 0. The van der Waals surface area contributed by atoms with E-state index < -0.39 is 0 Å². The Kier molecular flexibility index (Phi) is 3.76. The van der Waals surface area contributed by atoms with Crippen molar-refractivity contribution >= 4 is 62.9 Å². The molecule has 1 aromatic heterocycles. The van der Waals surface area contributed by atoms with E-state index in [0.717, 1.165) is 10.9 Å². The smallest absolute Gasteiger partial charge is 0.141 e. The quantitative estimate of drug-likeness (QED) is 0.514. The number of hydrogen-bond donors (Lipinski definition) is 2. The number of halogens is 3. The molecular weight excluding hydrogens is 331 g/mol. The molecule has 0 aliphatic heterocycles. The molecule has 4 nitrogen and oxygen atoms in total. The fourth-order valence-corrected chi connectivity index (χ4v) is 2.51. The number of fused-ring (bicyclic) bond motifs is 1. The summed E-state index contributed by atoms with van der Waals surface area (Å²) in [6.45, 7) is 0. The Morgan fingerprint density at radius 2 is 1.67 bits per heavy atom. The molecule has 106 valence electrons. The van der Waals surface area contributed by atoms with Crippen LogP contribution in [0.5, 0.6) is 0 Å². The Morgan fingerprint density at radius 3 is 2.48 bits per heavy atom. The van der Waals surface area contributed by atoms with Gasteiger partial charge in [0.1, 0.15) is 12.1 Å². The van der Waals surface area contributed by atoms with Gasteiger partial charge in [0.15, 0.2) is 0 Å². The summed E-state index contributed by atoms with van der Waals surface area (Å²) in [4.78, 5) is 8.41. The van der Waals surface area contributed by atoms with Crippen molar-refractivity contribution in [1.82, 2.24) is 9.97 Å². The third-order valence-corrected chi connectivity index (χ3v) is 3.96. The van der Waals surface area contributed by atoms with E-state index in [0.29, 0.717) is 32.3 Å². The van der Waals surface area contributed by atoms with Crippen molar-refractivity contribution in [3.63, 3.8) is 0 Å². The molecule has 0 radical (unpaired) electrons. The number of nitrogen functional groups attached to an aromatic ring is 1. The van der Waals surface area contributed by atoms with Crippen molar-refractivity contribution in [2.75, 3.05) is 11.1 Å². The van der Waals surface area contributed by atoms with Crippen LogP contribution in [-0.2, 0) is 0 Å². The summed E-state index contributed by atoms with van der Waals surface area (Å²) in [6.07, 6.45) is 1.45. The molecule has 0 aliphatic rings. The van der Waals surface area contributed by atoms with Gasteiger partial charge in [0.2, 0.25) is 0 Å². The van der Waals surface area contributed by atoms with E-state index in [1.807, 2.05) is 6.07 Å². The second kappa shape index (κ2) is 5.56. The second-order valence-corrected chi connectivity index (χ2v) is 5.59. The maximum Gasteiger partial charge on any atom is 0.141 e. The molecular formula is C14H9Cl3N4. The number of benzene rings is 2. The lowest BCUT2D eigenvalue weighted by Gasteiger charge is -2.11. The van der Waals surface area contributed by atoms with Gasteiger partial charge in [0.05, 0.1) is 26.3 Å². The molecule has 0 atom stereocenters. The molecule has 3 N–H and O–H groups in total. The van der Waals surface area contributed by atoms with Gasteiger partial charge in [-0.25, -0.2) is 9.97 Å². The molecule has 0 bridgehead atoms. The van der Waals surface area contributed by atoms with Crippen LogP contribution in [0.25, 0.3) is 10.9 Å². The summed E-state index contributed by atoms with van der Waals surface area (Å²) in [5, 5.41) is 5.22. The number of nitrogens with zero attached hydrogens (tertiary/aromatic N) is 2. The zero-order valence-corrected chi connectivity index (χ0v) is 12.8. The summed E-state index contributed by atoms with van der Waals surface area (Å²) >= 11 is 18.1. The molecule has 0 saturated heterocycles. The molecule has 0 saturated carbocycles. The summed E-state index contributed by atoms with van der Waals surface area (Å²) < 4.78 is 0. The zero-order valence-electron chi connectivity index (χ0n) is 10.6. The number of hydrogen-bond acceptors (Lipinski definition) is 4. The normalized spacial score (nSPS) is 10.8. The minimum absolute atomic E-state index is 0.396. The molecule has 7 heteroatoms. The summed E-state index contributed by atoms with van der Waals surface area (Å²) in [5.41, 5.74) is 7.75. The lowest BCUT2D eigenvalue weighted by molar-refractivity contribution is 1.22. The molecule has 0 unspecified atom stereocenters. The van der Waals surface area contributed by atoms with Gasteiger partial charge in [-0.2, -0.15) is 0 Å². The van der Waals surface area contributed by atoms with E-state index in [1.54, 1.807) is 24.3 Å². The monoisotopic (exact) mass is 338 g/mol. The third-order valence-electron chi connectivity index (χ3n) is 2.92. The number of nitrogens with one attached hydrogen (secondary N) is 1. The molecule has 0 fully saturated rings. The minimum atomic E-state index is 0.396. The van der Waals surface area contributed by atoms with E-state index in [2.05, 4.69) is 15.3 Å². The Labute approximate surface area is 135 Å². The average Bonchev–Trinajstić information content (AvgIpc) is 2.44. The lowest BCUT2D eigenvalue weighted by atomic mass is 10.2. The highest BCUT2D eigenvalue weighted by atomic mass is 35.5. The SMILES string of the molecule is Nc1ccc2c(Nc3cc(Cl)c(Cl)cc3Cl)ncnc2c1. The summed E-state index contributed by atoms with van der Waals surface area (Å²) in [6, 6.07) is 8.64. The van der Waals surface area contributed by atoms with Crippen LogP contribution < -0.4 is 11.1 Å². The predicted molar refractivity (Wildman–Crippen MR) is 88.7 cm³/mol. The van der Waals surface area contributed by atoms with Gasteiger partial charge < -0.3 is 11.1 Å². The minimum Gasteiger partial charge on any atom is -0.399 e. The van der Waals surface area contributed by atoms with Crippen LogP contribution in [-0.4, -0.2) is 9.97 Å². The first-order valence-electron chi connectivity index (χ1n) is 5.96. The van der Waals surface area contributed by atoms with Crippen molar-refractivity contribution in [1.29, 1.82) is 0 Å². The Bertz CT molecular complexity index is 836. The molecule has 1 heterocycles. The van der Waals surface area contributed by atoms with Crippen LogP contribution in [0.4, 0.5) is 17.2 Å². The first kappa shape index (κ1) is 14.2. The van der Waals surface area contributed by atoms with Crippen LogP contribution >= 0.6 is 34.8 Å². The Balaban J connectivity index is 2.08. The molecule has 0 aliphatic carbocycles. The van der Waals surface area contributed by atoms with E-state index in [1.165, 1.54) is 6.33 Å². The van der Waals surface area contributed by atoms with Crippen molar-refractivity contribution in [2.45, 2.75) is 0 Å². The van der Waals surface area contributed by atoms with Gasteiger partial charge >= 0.3 is 0 Å². The standard InChI is InChI=1S/C14H9Cl3N4/c15-9-4-11(17)13(5-10(9)16)21-14-8-2-1-7(18)3-12(8)19-6-20-14/h1-6H,18H2,(H,19,20,21). The summed E-state index contributed by atoms with van der Waals surface area (Å²) in [5.74, 6) is 0.611. The highest BCUT2D eigenvalue weighted by Crippen LogP contribution is 2.34. The van der Waals surface area contributed by atoms with Gasteiger partial charge in [-0.3, -0.25) is 0 Å². The van der Waals surface area contributed by atoms with Crippen molar-refractivity contribution in [3.05, 3.63) is 51.7 Å². The van der Waals surface area contributed by atoms with Crippen molar-refractivity contribution < 1.29 is 0 Å². The predicted octanol–water partition coefficient (Wildman–Crippen LogP) is 4.92. The molecule has 2 aromatic carbocycles. The largest absolute Gasteiger partial charge is 0.399 e. The van der Waals surface area contributed by atoms with Crippen LogP contribution in [0, 0.1) is 0 Å². The van der Waals surface area contributed by atoms with Crippen molar-refractivity contribution in [3.8, 4) is 0 Å². The maximum atomic E-state index is 6.16. The fourth-order valence-electron chi connectivity index (χ4n) is 1.92. The van der Waals surface area contributed by atoms with Gasteiger partial charge in [0.25, 0.3) is 0 Å².